The largest absolute Gasteiger partial charge is 0.493 e. The molecule has 0 radical (unpaired) electrons. The van der Waals surface area contributed by atoms with Crippen LogP contribution in [0.4, 0.5) is 23.7 Å². The number of carbonyl (C=O) groups excluding carboxylic acids is 4. The van der Waals surface area contributed by atoms with Crippen molar-refractivity contribution >= 4 is 63.5 Å². The number of aliphatic hydroxyl groups is 1. The third-order valence-corrected chi connectivity index (χ3v) is 15.2. The summed E-state index contributed by atoms with van der Waals surface area (Å²) in [6.07, 6.45) is -4.06. The second-order valence-electron chi connectivity index (χ2n) is 18.9. The van der Waals surface area contributed by atoms with Crippen molar-refractivity contribution in [3.05, 3.63) is 141 Å². The zero-order chi connectivity index (χ0) is 56.4. The van der Waals surface area contributed by atoms with Crippen LogP contribution in [0, 0.1) is 19.4 Å². The molecule has 0 aliphatic carbocycles. The molecule has 3 atom stereocenters. The van der Waals surface area contributed by atoms with Crippen LogP contribution < -0.4 is 19.5 Å². The fourth-order valence-corrected chi connectivity index (χ4v) is 11.0. The highest BCUT2D eigenvalue weighted by Crippen LogP contribution is 2.43. The number of ether oxygens (including phenoxy) is 6. The number of amides is 4. The Morgan fingerprint density at radius 2 is 1.66 bits per heavy atom. The molecule has 22 heteroatoms. The normalized spacial score (nSPS) is 17.2. The van der Waals surface area contributed by atoms with Crippen LogP contribution in [0.5, 0.6) is 23.0 Å². The van der Waals surface area contributed by atoms with E-state index in [1.165, 1.54) is 53.7 Å². The summed E-state index contributed by atoms with van der Waals surface area (Å²) in [7, 11) is 1.30. The Balaban J connectivity index is 0.759. The lowest BCUT2D eigenvalue weighted by Crippen LogP contribution is -2.54. The van der Waals surface area contributed by atoms with Crippen molar-refractivity contribution in [1.29, 1.82) is 0 Å². The molecule has 1 aromatic heterocycles. The molecule has 4 amide bonds. The number of carbonyl (C=O) groups is 4. The molecule has 416 valence electrons. The first-order valence-corrected chi connectivity index (χ1v) is 27.0. The van der Waals surface area contributed by atoms with Gasteiger partial charge in [0.05, 0.1) is 92.5 Å². The van der Waals surface area contributed by atoms with Gasteiger partial charge in [-0.3, -0.25) is 24.1 Å². The number of nitrogens with zero attached hydrogens (tertiary/aromatic N) is 5. The van der Waals surface area contributed by atoms with Crippen LogP contribution in [0.2, 0.25) is 0 Å². The van der Waals surface area contributed by atoms with Gasteiger partial charge in [0.25, 0.3) is 11.1 Å². The average molecular weight is 1130 g/mol. The van der Waals surface area contributed by atoms with E-state index in [0.717, 1.165) is 55.7 Å². The summed E-state index contributed by atoms with van der Waals surface area (Å²) >= 11 is 2.24. The van der Waals surface area contributed by atoms with E-state index in [2.05, 4.69) is 21.7 Å². The second kappa shape index (κ2) is 26.1. The lowest BCUT2D eigenvalue weighted by atomic mass is 10.00. The van der Waals surface area contributed by atoms with Gasteiger partial charge in [0.2, 0.25) is 11.8 Å². The van der Waals surface area contributed by atoms with E-state index in [1.54, 1.807) is 5.51 Å². The number of aliphatic hydroxyl groups excluding tert-OH is 1. The maximum atomic E-state index is 14.4. The van der Waals surface area contributed by atoms with Crippen LogP contribution in [0.15, 0.2) is 95.9 Å². The first-order valence-electron chi connectivity index (χ1n) is 25.3. The summed E-state index contributed by atoms with van der Waals surface area (Å²) in [5, 5.41) is 13.3. The van der Waals surface area contributed by atoms with Crippen LogP contribution >= 0.6 is 23.1 Å². The molecule has 5 aromatic rings. The summed E-state index contributed by atoms with van der Waals surface area (Å²) in [5.74, 6) is -1.20. The molecule has 2 fully saturated rings. The first kappa shape index (κ1) is 57.9. The number of methoxy groups -OCH3 is 1. The van der Waals surface area contributed by atoms with E-state index in [-0.39, 0.29) is 112 Å². The first-order chi connectivity index (χ1) is 37.9. The highest BCUT2D eigenvalue weighted by atomic mass is 32.2. The van der Waals surface area contributed by atoms with Crippen molar-refractivity contribution < 1.29 is 65.9 Å². The SMILES string of the molecule is [C-]#[N+]c1ccc(Oc2ccc(/C=C3\SC(=O)N(CCOCCOCCOCCOc4cc(-c5scnc5C)ccc4CNC(=O)[C@@H]4C[C@@H](O)CN4C(=O)[C@H](C(C)C)N4Cc5ccccc5C4=C)C3=O)cc2OC)c(C(F)(F)F)c1. The number of thioether (sulfide) groups is 1. The highest BCUT2D eigenvalue weighted by Gasteiger charge is 2.45. The zero-order valence-corrected chi connectivity index (χ0v) is 45.5. The van der Waals surface area contributed by atoms with Crippen molar-refractivity contribution in [3.8, 4) is 33.4 Å². The van der Waals surface area contributed by atoms with E-state index >= 15 is 0 Å². The summed E-state index contributed by atoms with van der Waals surface area (Å²) in [4.78, 5) is 67.4. The van der Waals surface area contributed by atoms with Gasteiger partial charge >= 0.3 is 6.18 Å². The number of aryl methyl sites for hydroxylation is 1. The van der Waals surface area contributed by atoms with Gasteiger partial charge in [-0.05, 0) is 77.7 Å². The molecule has 0 saturated carbocycles. The standard InChI is InChI=1S/C57H59F3N6O11S2/c1-34(2)51(65-31-40-9-7-8-10-43(40)36(65)4)55(70)66-32-42(67)29-45(66)53(68)62-30-39-13-12-38(52-35(3)63-33-78-52)27-48(39)76-24-23-75-22-21-74-20-19-73-18-17-64-54(69)50(79-56(64)71)26-37-11-15-47(49(25-37)72-6)77-46-16-14-41(61-5)28-44(46)57(58,59)60/h7-16,25-28,33-34,42,45,51,67H,4,17-24,29-32H2,1-3,6H3,(H,62,68)/b50-26-/t42-,45+,51+/m1/s1. The summed E-state index contributed by atoms with van der Waals surface area (Å²) in [5.41, 5.74) is 6.19. The van der Waals surface area contributed by atoms with E-state index in [9.17, 15) is 37.5 Å². The number of imide groups is 1. The van der Waals surface area contributed by atoms with Crippen LogP contribution in [0.1, 0.15) is 53.8 Å². The van der Waals surface area contributed by atoms with Gasteiger partial charge in [-0.25, -0.2) is 9.83 Å². The number of likely N-dealkylation sites (tertiary alicyclic amines) is 1. The Bertz CT molecular complexity index is 3140. The Labute approximate surface area is 463 Å². The smallest absolute Gasteiger partial charge is 0.418 e. The van der Waals surface area contributed by atoms with Crippen LogP contribution in [-0.4, -0.2) is 132 Å². The predicted molar refractivity (Wildman–Crippen MR) is 291 cm³/mol. The number of fused-ring (bicyclic) bond motifs is 1. The predicted octanol–water partition coefficient (Wildman–Crippen LogP) is 9.74. The molecule has 4 heterocycles. The van der Waals surface area contributed by atoms with Crippen molar-refractivity contribution in [1.82, 2.24) is 25.0 Å². The molecule has 0 spiro atoms. The van der Waals surface area contributed by atoms with Gasteiger partial charge in [0.1, 0.15) is 30.2 Å². The molecular weight excluding hydrogens is 1070 g/mol. The third kappa shape index (κ3) is 14.0. The number of hydrogen-bond acceptors (Lipinski definition) is 15. The minimum absolute atomic E-state index is 0.00866. The molecule has 0 unspecified atom stereocenters. The summed E-state index contributed by atoms with van der Waals surface area (Å²) < 4.78 is 75.4. The minimum Gasteiger partial charge on any atom is -0.493 e. The van der Waals surface area contributed by atoms with Crippen LogP contribution in [0.25, 0.3) is 27.1 Å². The van der Waals surface area contributed by atoms with Gasteiger partial charge in [-0.15, -0.1) is 11.3 Å². The number of rotatable bonds is 24. The number of β-amino-alcohol motifs (C(OH)–C–C–N with tert-alkyl or cyclic N) is 1. The lowest BCUT2D eigenvalue weighted by Gasteiger charge is -2.36. The minimum atomic E-state index is -4.78. The third-order valence-electron chi connectivity index (χ3n) is 13.3. The topological polar surface area (TPSA) is 183 Å². The fourth-order valence-electron chi connectivity index (χ4n) is 9.38. The Kier molecular flexibility index (Phi) is 19.2. The average Bonchev–Trinajstić information content (AvgIpc) is 4.39. The Morgan fingerprint density at radius 1 is 0.937 bits per heavy atom. The molecule has 8 rings (SSSR count). The number of nitrogens with one attached hydrogen (secondary N) is 1. The molecule has 79 heavy (non-hydrogen) atoms. The van der Waals surface area contributed by atoms with Crippen molar-refractivity contribution in [2.75, 3.05) is 66.4 Å². The monoisotopic (exact) mass is 1120 g/mol. The molecule has 0 bridgehead atoms. The summed E-state index contributed by atoms with van der Waals surface area (Å²) in [6, 6.07) is 19.5. The maximum absolute atomic E-state index is 14.4. The fraction of sp³-hybridized carbons (Fsp3) is 0.368. The van der Waals surface area contributed by atoms with E-state index in [0.29, 0.717) is 29.5 Å². The number of thiazole rings is 1. The quantitative estimate of drug-likeness (QED) is 0.0338. The molecule has 3 aliphatic heterocycles. The molecule has 2 N–H and O–H groups in total. The van der Waals surface area contributed by atoms with E-state index < -0.39 is 46.8 Å². The lowest BCUT2D eigenvalue weighted by molar-refractivity contribution is -0.143. The van der Waals surface area contributed by atoms with Crippen molar-refractivity contribution in [2.24, 2.45) is 5.92 Å². The Morgan fingerprint density at radius 3 is 2.34 bits per heavy atom. The van der Waals surface area contributed by atoms with E-state index in [4.69, 9.17) is 35.0 Å². The van der Waals surface area contributed by atoms with Gasteiger partial charge in [-0.1, -0.05) is 69.0 Å². The number of halogens is 3. The van der Waals surface area contributed by atoms with Gasteiger partial charge in [0.15, 0.2) is 17.2 Å². The van der Waals surface area contributed by atoms with Crippen molar-refractivity contribution in [2.45, 2.75) is 64.6 Å². The zero-order valence-electron chi connectivity index (χ0n) is 43.9. The second-order valence-corrected chi connectivity index (χ2v) is 20.8. The Hall–Kier alpha value is -7.26. The molecule has 3 aliphatic rings. The molecular formula is C57H59F3N6O11S2. The molecule has 2 saturated heterocycles. The van der Waals surface area contributed by atoms with Gasteiger partial charge < -0.3 is 48.6 Å². The van der Waals surface area contributed by atoms with Gasteiger partial charge in [0, 0.05) is 42.9 Å². The van der Waals surface area contributed by atoms with Gasteiger partial charge in [-0.2, -0.15) is 13.2 Å². The van der Waals surface area contributed by atoms with E-state index in [1.807, 2.05) is 68.1 Å². The number of benzene rings is 4. The van der Waals surface area contributed by atoms with Crippen molar-refractivity contribution in [3.63, 3.8) is 0 Å². The number of hydrogen-bond donors (Lipinski definition) is 2. The van der Waals surface area contributed by atoms with Crippen LogP contribution in [-0.2, 0) is 47.9 Å². The maximum Gasteiger partial charge on any atom is 0.418 e. The number of aromatic nitrogens is 1. The summed E-state index contributed by atoms with van der Waals surface area (Å²) in [6.45, 7) is 19.3. The highest BCUT2D eigenvalue weighted by molar-refractivity contribution is 8.18. The molecule has 4 aromatic carbocycles. The number of alkyl halides is 3. The molecule has 17 nitrogen and oxygen atoms in total. The van der Waals surface area contributed by atoms with Crippen LogP contribution in [0.3, 0.4) is 0 Å².